The molecule has 2 aromatic carbocycles. The molecule has 0 atom stereocenters. The van der Waals surface area contributed by atoms with E-state index in [0.717, 1.165) is 11.3 Å². The largest absolute Gasteiger partial charge is 0.497 e. The first-order chi connectivity index (χ1) is 12.6. The van der Waals surface area contributed by atoms with E-state index < -0.39 is 0 Å². The fourth-order valence-corrected chi connectivity index (χ4v) is 2.89. The number of halogens is 2. The van der Waals surface area contributed by atoms with Crippen molar-refractivity contribution in [2.45, 2.75) is 6.54 Å². The van der Waals surface area contributed by atoms with Gasteiger partial charge in [-0.05, 0) is 29.8 Å². The van der Waals surface area contributed by atoms with E-state index in [-0.39, 0.29) is 11.0 Å². The molecule has 5 nitrogen and oxygen atoms in total. The Morgan fingerprint density at radius 3 is 2.65 bits per heavy atom. The van der Waals surface area contributed by atoms with Crippen molar-refractivity contribution < 1.29 is 9.13 Å². The second kappa shape index (κ2) is 6.72. The predicted molar refractivity (Wildman–Crippen MR) is 97.8 cm³/mol. The lowest BCUT2D eigenvalue weighted by atomic mass is 10.2. The highest BCUT2D eigenvalue weighted by molar-refractivity contribution is 6.33. The van der Waals surface area contributed by atoms with Crippen LogP contribution in [0.15, 0.2) is 54.7 Å². The number of ether oxygens (including phenoxy) is 1. The van der Waals surface area contributed by atoms with Crippen LogP contribution in [0.1, 0.15) is 5.56 Å². The van der Waals surface area contributed by atoms with Gasteiger partial charge in [-0.1, -0.05) is 35.9 Å². The van der Waals surface area contributed by atoms with Gasteiger partial charge in [0.1, 0.15) is 22.6 Å². The van der Waals surface area contributed by atoms with Gasteiger partial charge in [0.05, 0.1) is 19.9 Å². The number of fused-ring (bicyclic) bond motifs is 1. The second-order valence-corrected chi connectivity index (χ2v) is 6.11. The summed E-state index contributed by atoms with van der Waals surface area (Å²) in [5.41, 5.74) is 2.75. The van der Waals surface area contributed by atoms with E-state index in [1.807, 2.05) is 24.3 Å². The van der Waals surface area contributed by atoms with Gasteiger partial charge in [-0.15, -0.1) is 0 Å². The third-order valence-electron chi connectivity index (χ3n) is 3.95. The van der Waals surface area contributed by atoms with Crippen LogP contribution in [0, 0.1) is 5.82 Å². The maximum absolute atomic E-state index is 13.5. The average Bonchev–Trinajstić information content (AvgIpc) is 3.05. The lowest BCUT2D eigenvalue weighted by Crippen LogP contribution is -1.99. The van der Waals surface area contributed by atoms with Crippen molar-refractivity contribution >= 4 is 22.6 Å². The fourth-order valence-electron chi connectivity index (χ4n) is 2.68. The van der Waals surface area contributed by atoms with E-state index in [4.69, 9.17) is 16.3 Å². The summed E-state index contributed by atoms with van der Waals surface area (Å²) >= 11 is 6.27. The Balaban J connectivity index is 1.69. The van der Waals surface area contributed by atoms with Crippen molar-refractivity contribution in [3.8, 4) is 17.1 Å². The second-order valence-electron chi connectivity index (χ2n) is 5.76. The Kier molecular flexibility index (Phi) is 4.26. The van der Waals surface area contributed by atoms with Crippen molar-refractivity contribution in [1.29, 1.82) is 0 Å². The molecule has 0 bridgehead atoms. The molecule has 26 heavy (non-hydrogen) atoms. The number of rotatable bonds is 4. The van der Waals surface area contributed by atoms with Crippen LogP contribution in [-0.4, -0.2) is 26.9 Å². The van der Waals surface area contributed by atoms with Crippen molar-refractivity contribution in [1.82, 2.24) is 19.7 Å². The van der Waals surface area contributed by atoms with Gasteiger partial charge < -0.3 is 4.74 Å². The number of hydrogen-bond acceptors (Lipinski definition) is 4. The molecule has 0 radical (unpaired) electrons. The molecule has 0 saturated carbocycles. The molecule has 4 aromatic rings. The molecule has 0 aliphatic heterocycles. The average molecular weight is 369 g/mol. The third kappa shape index (κ3) is 3.23. The van der Waals surface area contributed by atoms with Crippen LogP contribution in [0.5, 0.6) is 5.75 Å². The first-order valence-electron chi connectivity index (χ1n) is 7.92. The molecule has 0 unspecified atom stereocenters. The van der Waals surface area contributed by atoms with Crippen LogP contribution < -0.4 is 4.74 Å². The molecule has 0 amide bonds. The molecule has 0 saturated heterocycles. The van der Waals surface area contributed by atoms with Crippen LogP contribution in [0.3, 0.4) is 0 Å². The summed E-state index contributed by atoms with van der Waals surface area (Å²) in [6.07, 6.45) is 1.80. The molecular formula is C19H14ClFN4O. The van der Waals surface area contributed by atoms with Crippen LogP contribution in [0.4, 0.5) is 4.39 Å². The zero-order chi connectivity index (χ0) is 18.1. The van der Waals surface area contributed by atoms with E-state index in [1.165, 1.54) is 12.1 Å². The van der Waals surface area contributed by atoms with Gasteiger partial charge in [0.25, 0.3) is 0 Å². The highest BCUT2D eigenvalue weighted by atomic mass is 35.5. The van der Waals surface area contributed by atoms with Gasteiger partial charge in [0.15, 0.2) is 11.0 Å². The minimum absolute atomic E-state index is 0.239. The zero-order valence-corrected chi connectivity index (χ0v) is 14.6. The summed E-state index contributed by atoms with van der Waals surface area (Å²) in [7, 11) is 1.63. The summed E-state index contributed by atoms with van der Waals surface area (Å²) < 4.78 is 20.4. The Hall–Kier alpha value is -2.99. The summed E-state index contributed by atoms with van der Waals surface area (Å²) in [4.78, 5) is 8.72. The lowest BCUT2D eigenvalue weighted by Gasteiger charge is -2.03. The molecule has 0 N–H and O–H groups in total. The first-order valence-corrected chi connectivity index (χ1v) is 8.30. The molecule has 7 heteroatoms. The quantitative estimate of drug-likeness (QED) is 0.503. The smallest absolute Gasteiger partial charge is 0.161 e. The monoisotopic (exact) mass is 368 g/mol. The molecule has 0 aliphatic carbocycles. The van der Waals surface area contributed by atoms with Crippen LogP contribution in [0.2, 0.25) is 5.15 Å². The number of benzene rings is 2. The van der Waals surface area contributed by atoms with Crippen molar-refractivity contribution in [2.75, 3.05) is 7.11 Å². The fraction of sp³-hybridized carbons (Fsp3) is 0.105. The van der Waals surface area contributed by atoms with Gasteiger partial charge in [-0.2, -0.15) is 5.10 Å². The van der Waals surface area contributed by atoms with Crippen molar-refractivity contribution in [3.63, 3.8) is 0 Å². The molecule has 4 rings (SSSR count). The first kappa shape index (κ1) is 16.5. The molecule has 0 aliphatic rings. The number of hydrogen-bond donors (Lipinski definition) is 0. The van der Waals surface area contributed by atoms with E-state index in [2.05, 4.69) is 15.1 Å². The van der Waals surface area contributed by atoms with E-state index in [1.54, 1.807) is 30.1 Å². The molecule has 0 fully saturated rings. The minimum Gasteiger partial charge on any atom is -0.497 e. The maximum atomic E-state index is 13.5. The Morgan fingerprint density at radius 2 is 1.92 bits per heavy atom. The SMILES string of the molecule is COc1ccc(Cn2cc3nc(-c4cccc(F)c4)nc(Cl)c3n2)cc1. The standard InChI is InChI=1S/C19H14ClFN4O/c1-26-15-7-5-12(6-8-15)10-25-11-16-17(24-25)18(20)23-19(22-16)13-3-2-4-14(21)9-13/h2-9,11H,10H2,1H3. The van der Waals surface area contributed by atoms with E-state index in [0.29, 0.717) is 29.0 Å². The van der Waals surface area contributed by atoms with Gasteiger partial charge >= 0.3 is 0 Å². The molecule has 0 spiro atoms. The summed E-state index contributed by atoms with van der Waals surface area (Å²) in [5.74, 6) is 0.816. The van der Waals surface area contributed by atoms with E-state index in [9.17, 15) is 4.39 Å². The normalized spacial score (nSPS) is 11.0. The summed E-state index contributed by atoms with van der Waals surface area (Å²) in [6, 6.07) is 13.8. The highest BCUT2D eigenvalue weighted by Crippen LogP contribution is 2.24. The molecular weight excluding hydrogens is 355 g/mol. The van der Waals surface area contributed by atoms with Gasteiger partial charge in [-0.3, -0.25) is 4.68 Å². The van der Waals surface area contributed by atoms with Gasteiger partial charge in [0.2, 0.25) is 0 Å². The lowest BCUT2D eigenvalue weighted by molar-refractivity contribution is 0.414. The third-order valence-corrected chi connectivity index (χ3v) is 4.22. The van der Waals surface area contributed by atoms with Crippen molar-refractivity contribution in [3.05, 3.63) is 71.3 Å². The minimum atomic E-state index is -0.350. The summed E-state index contributed by atoms with van der Waals surface area (Å²) in [5, 5.41) is 4.70. The predicted octanol–water partition coefficient (Wildman–Crippen LogP) is 4.34. The number of nitrogens with zero attached hydrogens (tertiary/aromatic N) is 4. The Bertz CT molecular complexity index is 1080. The maximum Gasteiger partial charge on any atom is 0.161 e. The number of aromatic nitrogens is 4. The van der Waals surface area contributed by atoms with E-state index >= 15 is 0 Å². The molecule has 2 heterocycles. The van der Waals surface area contributed by atoms with Crippen LogP contribution >= 0.6 is 11.6 Å². The van der Waals surface area contributed by atoms with Gasteiger partial charge in [0, 0.05) is 5.56 Å². The molecule has 2 aromatic heterocycles. The summed E-state index contributed by atoms with van der Waals surface area (Å²) in [6.45, 7) is 0.561. The Morgan fingerprint density at radius 1 is 1.12 bits per heavy atom. The zero-order valence-electron chi connectivity index (χ0n) is 13.9. The molecule has 130 valence electrons. The highest BCUT2D eigenvalue weighted by Gasteiger charge is 2.12. The van der Waals surface area contributed by atoms with Gasteiger partial charge in [-0.25, -0.2) is 14.4 Å². The van der Waals surface area contributed by atoms with Crippen molar-refractivity contribution in [2.24, 2.45) is 0 Å². The number of methoxy groups -OCH3 is 1. The van der Waals surface area contributed by atoms with Crippen LogP contribution in [0.25, 0.3) is 22.4 Å². The topological polar surface area (TPSA) is 52.8 Å². The Labute approximate surface area is 154 Å². The van der Waals surface area contributed by atoms with Crippen LogP contribution in [-0.2, 0) is 6.54 Å².